The van der Waals surface area contributed by atoms with Gasteiger partial charge in [-0.2, -0.15) is 0 Å². The van der Waals surface area contributed by atoms with Crippen LogP contribution in [0.1, 0.15) is 16.7 Å². The van der Waals surface area contributed by atoms with Crippen molar-refractivity contribution in [1.29, 1.82) is 0 Å². The Hall–Kier alpha value is -0.680. The van der Waals surface area contributed by atoms with Crippen LogP contribution in [-0.2, 0) is 20.4 Å². The largest absolute Gasteiger partial charge is 0.567 e. The highest BCUT2D eigenvalue weighted by Crippen LogP contribution is 2.62. The standard InChI is InChI=1S/C9H9O5PS/c1-4-5(2)9(16)8-7-6(4)3-11-15(10,13-8)14-12-7/h16H,3H2,1-2H3. The predicted molar refractivity (Wildman–Crippen MR) is 57.9 cm³/mol. The number of benzene rings is 1. The molecule has 0 saturated heterocycles. The third kappa shape index (κ3) is 1.24. The van der Waals surface area contributed by atoms with Crippen molar-refractivity contribution < 1.29 is 23.2 Å². The van der Waals surface area contributed by atoms with Crippen molar-refractivity contribution >= 4 is 20.5 Å². The van der Waals surface area contributed by atoms with Crippen molar-refractivity contribution in [3.05, 3.63) is 16.7 Å². The molecule has 0 radical (unpaired) electrons. The first-order chi connectivity index (χ1) is 7.52. The third-order valence-corrected chi connectivity index (χ3v) is 4.49. The molecule has 0 spiro atoms. The lowest BCUT2D eigenvalue weighted by Crippen LogP contribution is -2.08. The molecule has 4 bridgehead atoms. The average molecular weight is 260 g/mol. The summed E-state index contributed by atoms with van der Waals surface area (Å²) in [4.78, 5) is 5.59. The van der Waals surface area contributed by atoms with Crippen molar-refractivity contribution in [3.8, 4) is 11.5 Å². The number of phosphoric acid groups is 1. The van der Waals surface area contributed by atoms with Gasteiger partial charge in [-0.15, -0.1) is 12.6 Å². The Labute approximate surface area is 97.6 Å². The van der Waals surface area contributed by atoms with Gasteiger partial charge in [0.05, 0.1) is 11.5 Å². The summed E-state index contributed by atoms with van der Waals surface area (Å²) in [6, 6.07) is 0. The zero-order chi connectivity index (χ0) is 11.5. The van der Waals surface area contributed by atoms with Gasteiger partial charge in [0, 0.05) is 5.56 Å². The van der Waals surface area contributed by atoms with Crippen LogP contribution in [0.25, 0.3) is 0 Å². The van der Waals surface area contributed by atoms with Crippen LogP contribution >= 0.6 is 20.5 Å². The third-order valence-electron chi connectivity index (χ3n) is 2.85. The topological polar surface area (TPSA) is 54.0 Å². The van der Waals surface area contributed by atoms with E-state index in [9.17, 15) is 4.57 Å². The first-order valence-corrected chi connectivity index (χ1v) is 6.58. The van der Waals surface area contributed by atoms with Crippen LogP contribution in [0.3, 0.4) is 0 Å². The minimum absolute atomic E-state index is 0.153. The molecule has 16 heavy (non-hydrogen) atoms. The Morgan fingerprint density at radius 1 is 1.25 bits per heavy atom. The minimum atomic E-state index is -3.63. The zero-order valence-corrected chi connectivity index (χ0v) is 10.4. The predicted octanol–water partition coefficient (Wildman–Crippen LogP) is 2.93. The second kappa shape index (κ2) is 3.17. The van der Waals surface area contributed by atoms with Crippen LogP contribution in [0.4, 0.5) is 0 Å². The second-order valence-electron chi connectivity index (χ2n) is 3.71. The van der Waals surface area contributed by atoms with Crippen molar-refractivity contribution in [3.63, 3.8) is 0 Å². The van der Waals surface area contributed by atoms with Crippen molar-refractivity contribution in [1.82, 2.24) is 0 Å². The first-order valence-electron chi connectivity index (χ1n) is 4.67. The SMILES string of the molecule is Cc1c(C)c2c3c(c1S)OP(=O)(OC2)OO3. The molecule has 0 aromatic heterocycles. The van der Waals surface area contributed by atoms with Crippen LogP contribution in [0, 0.1) is 13.8 Å². The van der Waals surface area contributed by atoms with Crippen LogP contribution in [0.2, 0.25) is 0 Å². The number of rotatable bonds is 0. The Balaban J connectivity index is 2.37. The van der Waals surface area contributed by atoms with Gasteiger partial charge in [-0.1, -0.05) is 4.67 Å². The van der Waals surface area contributed by atoms with Crippen molar-refractivity contribution in [2.45, 2.75) is 25.3 Å². The van der Waals surface area contributed by atoms with Crippen molar-refractivity contribution in [2.24, 2.45) is 0 Å². The van der Waals surface area contributed by atoms with E-state index in [2.05, 4.69) is 17.3 Å². The van der Waals surface area contributed by atoms with E-state index in [4.69, 9.17) is 13.9 Å². The van der Waals surface area contributed by atoms with E-state index in [1.807, 2.05) is 13.8 Å². The maximum Gasteiger partial charge on any atom is 0.567 e. The maximum atomic E-state index is 11.9. The van der Waals surface area contributed by atoms with Gasteiger partial charge >= 0.3 is 7.82 Å². The van der Waals surface area contributed by atoms with E-state index in [1.54, 1.807) is 0 Å². The number of fused-ring (bicyclic) bond motifs is 2. The molecule has 5 nitrogen and oxygen atoms in total. The molecule has 3 aliphatic rings. The zero-order valence-electron chi connectivity index (χ0n) is 8.64. The summed E-state index contributed by atoms with van der Waals surface area (Å²) in [5.41, 5.74) is 2.73. The minimum Gasteiger partial charge on any atom is -0.397 e. The molecule has 3 aliphatic heterocycles. The molecule has 1 aromatic rings. The van der Waals surface area contributed by atoms with Gasteiger partial charge in [0.1, 0.15) is 0 Å². The fourth-order valence-corrected chi connectivity index (χ4v) is 3.10. The van der Waals surface area contributed by atoms with Gasteiger partial charge in [0.25, 0.3) is 0 Å². The lowest BCUT2D eigenvalue weighted by Gasteiger charge is -2.22. The van der Waals surface area contributed by atoms with Gasteiger partial charge in [0.2, 0.25) is 5.75 Å². The molecule has 86 valence electrons. The fraction of sp³-hybridized carbons (Fsp3) is 0.333. The quantitative estimate of drug-likeness (QED) is 0.441. The van der Waals surface area contributed by atoms with Gasteiger partial charge in [-0.05, 0) is 25.0 Å². The Bertz CT molecular complexity index is 541. The highest BCUT2D eigenvalue weighted by atomic mass is 32.1. The molecule has 0 aliphatic carbocycles. The van der Waals surface area contributed by atoms with E-state index in [0.29, 0.717) is 16.4 Å². The molecule has 0 N–H and O–H groups in total. The Kier molecular flexibility index (Phi) is 2.07. The number of hydrogen-bond acceptors (Lipinski definition) is 6. The fourth-order valence-electron chi connectivity index (χ4n) is 1.74. The lowest BCUT2D eigenvalue weighted by atomic mass is 10.0. The van der Waals surface area contributed by atoms with Gasteiger partial charge in [-0.25, -0.2) is 4.57 Å². The first kappa shape index (κ1) is 10.5. The molecule has 4 rings (SSSR count). The normalized spacial score (nSPS) is 25.9. The summed E-state index contributed by atoms with van der Waals surface area (Å²) in [5.74, 6) is 0.755. The highest BCUT2D eigenvalue weighted by Gasteiger charge is 2.43. The molecular formula is C9H9O5PS. The molecule has 1 unspecified atom stereocenters. The van der Waals surface area contributed by atoms with Gasteiger partial charge in [-0.3, -0.25) is 4.52 Å². The van der Waals surface area contributed by atoms with E-state index < -0.39 is 7.82 Å². The summed E-state index contributed by atoms with van der Waals surface area (Å²) in [5, 5.41) is 0. The molecular weight excluding hydrogens is 251 g/mol. The van der Waals surface area contributed by atoms with Gasteiger partial charge in [0.15, 0.2) is 5.75 Å². The smallest absolute Gasteiger partial charge is 0.397 e. The summed E-state index contributed by atoms with van der Waals surface area (Å²) >= 11 is 4.33. The van der Waals surface area contributed by atoms with Crippen LogP contribution < -0.4 is 9.41 Å². The number of phosphoric ester groups is 1. The second-order valence-corrected chi connectivity index (χ2v) is 5.64. The molecule has 3 heterocycles. The number of hydrogen-bond donors (Lipinski definition) is 1. The molecule has 0 saturated carbocycles. The summed E-state index contributed by atoms with van der Waals surface area (Å²) in [7, 11) is -3.63. The monoisotopic (exact) mass is 260 g/mol. The van der Waals surface area contributed by atoms with E-state index in [1.165, 1.54) is 0 Å². The molecule has 0 fully saturated rings. The highest BCUT2D eigenvalue weighted by molar-refractivity contribution is 7.80. The van der Waals surface area contributed by atoms with E-state index >= 15 is 0 Å². The Morgan fingerprint density at radius 2 is 2.00 bits per heavy atom. The van der Waals surface area contributed by atoms with Crippen LogP contribution in [0.15, 0.2) is 4.90 Å². The maximum absolute atomic E-state index is 11.9. The summed E-state index contributed by atoms with van der Waals surface area (Å²) in [6.07, 6.45) is 0. The average Bonchev–Trinajstić information content (AvgIpc) is 2.50. The van der Waals surface area contributed by atoms with Crippen LogP contribution in [0.5, 0.6) is 11.5 Å². The van der Waals surface area contributed by atoms with E-state index in [0.717, 1.165) is 16.7 Å². The molecule has 0 amide bonds. The molecule has 7 heteroatoms. The number of thiol groups is 1. The Morgan fingerprint density at radius 3 is 2.75 bits per heavy atom. The molecule has 1 atom stereocenters. The lowest BCUT2D eigenvalue weighted by molar-refractivity contribution is -0.132. The van der Waals surface area contributed by atoms with Crippen molar-refractivity contribution in [2.75, 3.05) is 0 Å². The van der Waals surface area contributed by atoms with Crippen LogP contribution in [-0.4, -0.2) is 0 Å². The summed E-state index contributed by atoms with van der Waals surface area (Å²) < 4.78 is 26.8. The van der Waals surface area contributed by atoms with E-state index in [-0.39, 0.29) is 6.61 Å². The summed E-state index contributed by atoms with van der Waals surface area (Å²) in [6.45, 7) is 3.99. The van der Waals surface area contributed by atoms with Gasteiger partial charge < -0.3 is 9.41 Å². The molecule has 1 aromatic carbocycles.